The highest BCUT2D eigenvalue weighted by molar-refractivity contribution is 7.09. The summed E-state index contributed by atoms with van der Waals surface area (Å²) < 4.78 is 19.1. The van der Waals surface area contributed by atoms with Crippen LogP contribution in [-0.4, -0.2) is 25.2 Å². The van der Waals surface area contributed by atoms with E-state index in [4.69, 9.17) is 4.74 Å². The second-order valence-electron chi connectivity index (χ2n) is 5.94. The molecule has 2 heterocycles. The van der Waals surface area contributed by atoms with Gasteiger partial charge in [-0.3, -0.25) is 0 Å². The third kappa shape index (κ3) is 4.17. The van der Waals surface area contributed by atoms with Gasteiger partial charge in [0, 0.05) is 10.9 Å². The molecular weight excluding hydrogens is 365 g/mol. The largest absolute Gasteiger partial charge is 0.486 e. The van der Waals surface area contributed by atoms with Crippen molar-refractivity contribution in [3.8, 4) is 17.1 Å². The molecule has 0 saturated carbocycles. The summed E-state index contributed by atoms with van der Waals surface area (Å²) in [5.74, 6) is 1.02. The van der Waals surface area contributed by atoms with Crippen LogP contribution in [0.15, 0.2) is 53.9 Å². The summed E-state index contributed by atoms with van der Waals surface area (Å²) in [6, 6.07) is 14.4. The van der Waals surface area contributed by atoms with Crippen molar-refractivity contribution in [2.75, 3.05) is 0 Å². The zero-order chi connectivity index (χ0) is 18.6. The van der Waals surface area contributed by atoms with E-state index in [1.807, 2.05) is 35.7 Å². The second kappa shape index (κ2) is 7.63. The minimum Gasteiger partial charge on any atom is -0.486 e. The lowest BCUT2D eigenvalue weighted by molar-refractivity contribution is 0.305. The summed E-state index contributed by atoms with van der Waals surface area (Å²) in [6.07, 6.45) is 0. The van der Waals surface area contributed by atoms with Crippen LogP contribution in [-0.2, 0) is 13.2 Å². The third-order valence-corrected chi connectivity index (χ3v) is 4.75. The lowest BCUT2D eigenvalue weighted by Crippen LogP contribution is -2.05. The first-order valence-electron chi connectivity index (χ1n) is 8.33. The van der Waals surface area contributed by atoms with Crippen LogP contribution in [0.3, 0.4) is 0 Å². The van der Waals surface area contributed by atoms with Gasteiger partial charge in [-0.05, 0) is 48.0 Å². The van der Waals surface area contributed by atoms with Gasteiger partial charge in [-0.1, -0.05) is 18.2 Å². The van der Waals surface area contributed by atoms with E-state index in [1.54, 1.807) is 19.1 Å². The van der Waals surface area contributed by atoms with Crippen LogP contribution in [0.2, 0.25) is 0 Å². The molecule has 0 aliphatic heterocycles. The number of hydrogen-bond acceptors (Lipinski definition) is 6. The summed E-state index contributed by atoms with van der Waals surface area (Å²) in [4.78, 5) is 6.02. The normalized spacial score (nSPS) is 10.9. The molecule has 2 aromatic heterocycles. The predicted molar refractivity (Wildman–Crippen MR) is 99.9 cm³/mol. The molecule has 6 nitrogen and oxygen atoms in total. The van der Waals surface area contributed by atoms with Crippen LogP contribution in [0.1, 0.15) is 16.3 Å². The van der Waals surface area contributed by atoms with E-state index >= 15 is 0 Å². The van der Waals surface area contributed by atoms with Gasteiger partial charge in [-0.15, -0.1) is 21.5 Å². The van der Waals surface area contributed by atoms with E-state index < -0.39 is 0 Å². The van der Waals surface area contributed by atoms with Gasteiger partial charge in [0.15, 0.2) is 0 Å². The Morgan fingerprint density at radius 2 is 2.00 bits per heavy atom. The first-order chi connectivity index (χ1) is 13.2. The fraction of sp³-hybridized carbons (Fsp3) is 0.158. The van der Waals surface area contributed by atoms with Crippen LogP contribution < -0.4 is 4.74 Å². The first kappa shape index (κ1) is 17.3. The molecule has 0 fully saturated rings. The second-order valence-corrected chi connectivity index (χ2v) is 6.88. The maximum absolute atomic E-state index is 13.4. The molecule has 0 saturated heterocycles. The summed E-state index contributed by atoms with van der Waals surface area (Å²) in [5.41, 5.74) is 2.12. The number of hydrogen-bond donors (Lipinski definition) is 0. The van der Waals surface area contributed by atoms with Crippen LogP contribution in [0.4, 0.5) is 4.39 Å². The van der Waals surface area contributed by atoms with Crippen molar-refractivity contribution in [2.45, 2.75) is 20.1 Å². The molecule has 136 valence electrons. The monoisotopic (exact) mass is 381 g/mol. The number of tetrazole rings is 1. The van der Waals surface area contributed by atoms with Crippen molar-refractivity contribution in [3.05, 3.63) is 76.0 Å². The van der Waals surface area contributed by atoms with Gasteiger partial charge in [0.2, 0.25) is 5.82 Å². The Labute approximate surface area is 159 Å². The van der Waals surface area contributed by atoms with Crippen molar-refractivity contribution < 1.29 is 9.13 Å². The van der Waals surface area contributed by atoms with E-state index in [0.29, 0.717) is 24.5 Å². The molecule has 8 heteroatoms. The lowest BCUT2D eigenvalue weighted by Gasteiger charge is -2.02. The van der Waals surface area contributed by atoms with Gasteiger partial charge < -0.3 is 4.74 Å². The van der Waals surface area contributed by atoms with Gasteiger partial charge in [0.25, 0.3) is 0 Å². The molecule has 0 unspecified atom stereocenters. The molecular formula is C19H16FN5OS. The van der Waals surface area contributed by atoms with E-state index in [1.165, 1.54) is 22.2 Å². The molecule has 2 aromatic carbocycles. The molecule has 0 bridgehead atoms. The average molecular weight is 381 g/mol. The van der Waals surface area contributed by atoms with Crippen LogP contribution in [0, 0.1) is 12.7 Å². The fourth-order valence-electron chi connectivity index (χ4n) is 2.50. The molecule has 4 rings (SSSR count). The van der Waals surface area contributed by atoms with Gasteiger partial charge in [-0.2, -0.15) is 4.80 Å². The van der Waals surface area contributed by atoms with Gasteiger partial charge >= 0.3 is 0 Å². The summed E-state index contributed by atoms with van der Waals surface area (Å²) in [5, 5.41) is 15.3. The van der Waals surface area contributed by atoms with Crippen molar-refractivity contribution in [3.63, 3.8) is 0 Å². The highest BCUT2D eigenvalue weighted by Crippen LogP contribution is 2.18. The number of halogens is 1. The van der Waals surface area contributed by atoms with Gasteiger partial charge in [0.05, 0.1) is 5.69 Å². The smallest absolute Gasteiger partial charge is 0.204 e. The Balaban J connectivity index is 1.40. The Bertz CT molecular complexity index is 1050. The number of benzene rings is 2. The minimum atomic E-state index is -0.251. The lowest BCUT2D eigenvalue weighted by atomic mass is 10.1. The molecule has 0 aliphatic carbocycles. The van der Waals surface area contributed by atoms with E-state index in [0.717, 1.165) is 22.0 Å². The zero-order valence-electron chi connectivity index (χ0n) is 14.5. The quantitative estimate of drug-likeness (QED) is 0.507. The Hall–Kier alpha value is -3.13. The first-order valence-corrected chi connectivity index (χ1v) is 9.21. The minimum absolute atomic E-state index is 0.251. The molecule has 0 atom stereocenters. The molecule has 27 heavy (non-hydrogen) atoms. The van der Waals surface area contributed by atoms with Crippen molar-refractivity contribution in [1.29, 1.82) is 0 Å². The van der Waals surface area contributed by atoms with Crippen molar-refractivity contribution >= 4 is 11.3 Å². The number of thiazole rings is 1. The molecule has 4 aromatic rings. The highest BCUT2D eigenvalue weighted by atomic mass is 32.1. The average Bonchev–Trinajstić information content (AvgIpc) is 3.33. The number of aromatic nitrogens is 5. The van der Waals surface area contributed by atoms with Crippen LogP contribution in [0.5, 0.6) is 5.75 Å². The Kier molecular flexibility index (Phi) is 4.88. The fourth-order valence-corrected chi connectivity index (χ4v) is 3.20. The molecule has 0 spiro atoms. The summed E-state index contributed by atoms with van der Waals surface area (Å²) in [7, 11) is 0. The molecule has 0 radical (unpaired) electrons. The predicted octanol–water partition coefficient (Wildman–Crippen LogP) is 3.87. The maximum atomic E-state index is 13.4. The summed E-state index contributed by atoms with van der Waals surface area (Å²) in [6.45, 7) is 2.53. The number of rotatable bonds is 6. The van der Waals surface area contributed by atoms with E-state index in [-0.39, 0.29) is 5.82 Å². The van der Waals surface area contributed by atoms with Crippen molar-refractivity contribution in [2.24, 2.45) is 0 Å². The third-order valence-electron chi connectivity index (χ3n) is 3.88. The van der Waals surface area contributed by atoms with Gasteiger partial charge in [0.1, 0.15) is 29.7 Å². The number of aryl methyl sites for hydroxylation is 1. The van der Waals surface area contributed by atoms with E-state index in [9.17, 15) is 4.39 Å². The zero-order valence-corrected chi connectivity index (χ0v) is 15.4. The SMILES string of the molecule is Cc1cc(-c2nnn(Cc3csc(COc4ccccc4)n3)n2)ccc1F. The van der Waals surface area contributed by atoms with Gasteiger partial charge in [-0.25, -0.2) is 9.37 Å². The number of nitrogens with zero attached hydrogens (tertiary/aromatic N) is 5. The van der Waals surface area contributed by atoms with E-state index in [2.05, 4.69) is 20.4 Å². The Morgan fingerprint density at radius 3 is 2.81 bits per heavy atom. The Morgan fingerprint density at radius 1 is 1.15 bits per heavy atom. The van der Waals surface area contributed by atoms with Crippen LogP contribution >= 0.6 is 11.3 Å². The number of ether oxygens (including phenoxy) is 1. The standard InChI is InChI=1S/C19H16FN5OS/c1-13-9-14(7-8-17(13)20)19-22-24-25(23-19)10-15-12-27-18(21-15)11-26-16-5-3-2-4-6-16/h2-9,12H,10-11H2,1H3. The molecule has 0 N–H and O–H groups in total. The molecule has 0 aliphatic rings. The topological polar surface area (TPSA) is 65.7 Å². The highest BCUT2D eigenvalue weighted by Gasteiger charge is 2.10. The summed E-state index contributed by atoms with van der Waals surface area (Å²) >= 11 is 1.53. The van der Waals surface area contributed by atoms with Crippen LogP contribution in [0.25, 0.3) is 11.4 Å². The maximum Gasteiger partial charge on any atom is 0.204 e. The number of para-hydroxylation sites is 1. The van der Waals surface area contributed by atoms with Crippen molar-refractivity contribution in [1.82, 2.24) is 25.2 Å². The molecule has 0 amide bonds.